The van der Waals surface area contributed by atoms with E-state index in [1.807, 2.05) is 25.1 Å². The molecule has 1 unspecified atom stereocenters. The second-order valence-electron chi connectivity index (χ2n) is 4.36. The lowest BCUT2D eigenvalue weighted by molar-refractivity contribution is -0.143. The van der Waals surface area contributed by atoms with E-state index in [9.17, 15) is 4.79 Å². The molecule has 1 aromatic rings. The number of carbonyl (C=O) groups excluding carboxylic acids is 1. The van der Waals surface area contributed by atoms with Crippen molar-refractivity contribution in [2.75, 3.05) is 7.11 Å². The van der Waals surface area contributed by atoms with E-state index in [0.29, 0.717) is 5.92 Å². The summed E-state index contributed by atoms with van der Waals surface area (Å²) in [6, 6.07) is 6.12. The summed E-state index contributed by atoms with van der Waals surface area (Å²) in [5.41, 5.74) is 2.25. The molecule has 0 spiro atoms. The third-order valence-corrected chi connectivity index (χ3v) is 3.73. The van der Waals surface area contributed by atoms with Gasteiger partial charge in [0.05, 0.1) is 13.0 Å². The van der Waals surface area contributed by atoms with Crippen LogP contribution >= 0.6 is 15.9 Å². The first kappa shape index (κ1) is 11.6. The van der Waals surface area contributed by atoms with Crippen LogP contribution in [-0.2, 0) is 9.53 Å². The van der Waals surface area contributed by atoms with Gasteiger partial charge >= 0.3 is 5.97 Å². The van der Waals surface area contributed by atoms with Gasteiger partial charge in [-0.1, -0.05) is 28.1 Å². The standard InChI is InChI=1S/C13H15BrO2/c1-8-3-6-10(11(14)7-8)12(9-4-5-9)13(15)16-2/h3,6-7,9,12H,4-5H2,1-2H3. The van der Waals surface area contributed by atoms with Crippen LogP contribution in [0.4, 0.5) is 0 Å². The van der Waals surface area contributed by atoms with Crippen molar-refractivity contribution in [2.45, 2.75) is 25.7 Å². The smallest absolute Gasteiger partial charge is 0.313 e. The quantitative estimate of drug-likeness (QED) is 0.794. The Balaban J connectivity index is 2.34. The van der Waals surface area contributed by atoms with E-state index in [0.717, 1.165) is 22.9 Å². The number of esters is 1. The molecule has 0 amide bonds. The van der Waals surface area contributed by atoms with E-state index in [1.54, 1.807) is 0 Å². The zero-order valence-corrected chi connectivity index (χ0v) is 11.1. The van der Waals surface area contributed by atoms with Crippen molar-refractivity contribution < 1.29 is 9.53 Å². The highest BCUT2D eigenvalue weighted by Crippen LogP contribution is 2.45. The maximum absolute atomic E-state index is 11.8. The molecule has 0 aromatic heterocycles. The van der Waals surface area contributed by atoms with Gasteiger partial charge in [-0.25, -0.2) is 0 Å². The summed E-state index contributed by atoms with van der Waals surface area (Å²) in [6.45, 7) is 2.04. The lowest BCUT2D eigenvalue weighted by Gasteiger charge is -2.16. The Morgan fingerprint density at radius 2 is 2.19 bits per heavy atom. The van der Waals surface area contributed by atoms with Gasteiger partial charge in [0.1, 0.15) is 0 Å². The Morgan fingerprint density at radius 1 is 1.50 bits per heavy atom. The summed E-state index contributed by atoms with van der Waals surface area (Å²) >= 11 is 3.53. The fraction of sp³-hybridized carbons (Fsp3) is 0.462. The van der Waals surface area contributed by atoms with Gasteiger partial charge in [0, 0.05) is 4.47 Å². The van der Waals surface area contributed by atoms with Gasteiger partial charge in [0.15, 0.2) is 0 Å². The number of benzene rings is 1. The minimum atomic E-state index is -0.118. The Kier molecular flexibility index (Phi) is 3.33. The van der Waals surface area contributed by atoms with Crippen molar-refractivity contribution >= 4 is 21.9 Å². The van der Waals surface area contributed by atoms with Gasteiger partial charge in [-0.3, -0.25) is 4.79 Å². The van der Waals surface area contributed by atoms with E-state index in [4.69, 9.17) is 4.74 Å². The number of rotatable bonds is 3. The molecule has 1 atom stereocenters. The van der Waals surface area contributed by atoms with Gasteiger partial charge in [-0.05, 0) is 42.9 Å². The van der Waals surface area contributed by atoms with Gasteiger partial charge < -0.3 is 4.74 Å². The molecule has 1 aliphatic carbocycles. The molecule has 1 aromatic carbocycles. The molecule has 1 fully saturated rings. The molecule has 0 aliphatic heterocycles. The average molecular weight is 283 g/mol. The summed E-state index contributed by atoms with van der Waals surface area (Å²) < 4.78 is 5.90. The van der Waals surface area contributed by atoms with Crippen LogP contribution in [-0.4, -0.2) is 13.1 Å². The summed E-state index contributed by atoms with van der Waals surface area (Å²) in [7, 11) is 1.46. The first-order chi connectivity index (χ1) is 7.63. The average Bonchev–Trinajstić information content (AvgIpc) is 3.05. The summed E-state index contributed by atoms with van der Waals surface area (Å²) in [5.74, 6) is 0.249. The molecular formula is C13H15BrO2. The highest BCUT2D eigenvalue weighted by Gasteiger charge is 2.38. The van der Waals surface area contributed by atoms with E-state index in [1.165, 1.54) is 12.7 Å². The molecule has 0 N–H and O–H groups in total. The number of halogens is 1. The second kappa shape index (κ2) is 4.58. The fourth-order valence-electron chi connectivity index (χ4n) is 2.01. The van der Waals surface area contributed by atoms with Crippen molar-refractivity contribution in [2.24, 2.45) is 5.92 Å². The van der Waals surface area contributed by atoms with Crippen LogP contribution in [0.3, 0.4) is 0 Å². The second-order valence-corrected chi connectivity index (χ2v) is 5.22. The van der Waals surface area contributed by atoms with Crippen LogP contribution in [0, 0.1) is 12.8 Å². The number of carbonyl (C=O) groups is 1. The predicted molar refractivity (Wildman–Crippen MR) is 66.4 cm³/mol. The van der Waals surface area contributed by atoms with Crippen LogP contribution in [0.15, 0.2) is 22.7 Å². The molecular weight excluding hydrogens is 268 g/mol. The van der Waals surface area contributed by atoms with E-state index in [2.05, 4.69) is 15.9 Å². The van der Waals surface area contributed by atoms with Crippen molar-refractivity contribution in [1.29, 1.82) is 0 Å². The van der Waals surface area contributed by atoms with Gasteiger partial charge in [0.2, 0.25) is 0 Å². The predicted octanol–water partition coefficient (Wildman–Crippen LogP) is 3.42. The van der Waals surface area contributed by atoms with Crippen LogP contribution in [0.5, 0.6) is 0 Å². The number of methoxy groups -OCH3 is 1. The lowest BCUT2D eigenvalue weighted by atomic mass is 9.93. The monoisotopic (exact) mass is 282 g/mol. The molecule has 16 heavy (non-hydrogen) atoms. The summed E-state index contributed by atoms with van der Waals surface area (Å²) in [4.78, 5) is 11.8. The van der Waals surface area contributed by atoms with Crippen LogP contribution < -0.4 is 0 Å². The molecule has 86 valence electrons. The number of hydrogen-bond donors (Lipinski definition) is 0. The van der Waals surface area contributed by atoms with Crippen molar-refractivity contribution in [3.05, 3.63) is 33.8 Å². The summed E-state index contributed by atoms with van der Waals surface area (Å²) in [5, 5.41) is 0. The minimum absolute atomic E-state index is 0.0972. The molecule has 2 nitrogen and oxygen atoms in total. The third kappa shape index (κ3) is 2.29. The maximum Gasteiger partial charge on any atom is 0.313 e. The zero-order valence-electron chi connectivity index (χ0n) is 9.50. The molecule has 0 heterocycles. The Labute approximate surface area is 104 Å². The molecule has 2 rings (SSSR count). The molecule has 0 radical (unpaired) electrons. The van der Waals surface area contributed by atoms with E-state index >= 15 is 0 Å². The van der Waals surface area contributed by atoms with Crippen LogP contribution in [0.2, 0.25) is 0 Å². The molecule has 3 heteroatoms. The minimum Gasteiger partial charge on any atom is -0.469 e. The first-order valence-corrected chi connectivity index (χ1v) is 6.26. The number of ether oxygens (including phenoxy) is 1. The van der Waals surface area contributed by atoms with Crippen molar-refractivity contribution in [3.63, 3.8) is 0 Å². The van der Waals surface area contributed by atoms with E-state index in [-0.39, 0.29) is 11.9 Å². The molecule has 1 saturated carbocycles. The number of aryl methyl sites for hydroxylation is 1. The van der Waals surface area contributed by atoms with Crippen LogP contribution in [0.1, 0.15) is 29.9 Å². The van der Waals surface area contributed by atoms with Gasteiger partial charge in [-0.15, -0.1) is 0 Å². The highest BCUT2D eigenvalue weighted by atomic mass is 79.9. The highest BCUT2D eigenvalue weighted by molar-refractivity contribution is 9.10. The van der Waals surface area contributed by atoms with Gasteiger partial charge in [0.25, 0.3) is 0 Å². The Hall–Kier alpha value is -0.830. The Bertz CT molecular complexity index is 410. The molecule has 0 bridgehead atoms. The van der Waals surface area contributed by atoms with Gasteiger partial charge in [-0.2, -0.15) is 0 Å². The van der Waals surface area contributed by atoms with Crippen LogP contribution in [0.25, 0.3) is 0 Å². The van der Waals surface area contributed by atoms with E-state index < -0.39 is 0 Å². The third-order valence-electron chi connectivity index (χ3n) is 3.04. The topological polar surface area (TPSA) is 26.3 Å². The normalized spacial score (nSPS) is 16.9. The largest absolute Gasteiger partial charge is 0.469 e. The van der Waals surface area contributed by atoms with Crippen molar-refractivity contribution in [3.8, 4) is 0 Å². The molecule has 0 saturated heterocycles. The van der Waals surface area contributed by atoms with Crippen molar-refractivity contribution in [1.82, 2.24) is 0 Å². The SMILES string of the molecule is COC(=O)C(c1ccc(C)cc1Br)C1CC1. The Morgan fingerprint density at radius 3 is 2.69 bits per heavy atom. The maximum atomic E-state index is 11.8. The molecule has 1 aliphatic rings. The summed E-state index contributed by atoms with van der Waals surface area (Å²) in [6.07, 6.45) is 2.25. The fourth-order valence-corrected chi connectivity index (χ4v) is 2.75. The first-order valence-electron chi connectivity index (χ1n) is 5.47. The zero-order chi connectivity index (χ0) is 11.7. The lowest BCUT2D eigenvalue weighted by Crippen LogP contribution is -2.16. The number of hydrogen-bond acceptors (Lipinski definition) is 2.